The lowest BCUT2D eigenvalue weighted by Gasteiger charge is -2.00. The van der Waals surface area contributed by atoms with Crippen LogP contribution in [-0.4, -0.2) is 17.5 Å². The van der Waals surface area contributed by atoms with Gasteiger partial charge in [-0.05, 0) is 12.8 Å². The van der Waals surface area contributed by atoms with Gasteiger partial charge in [0.1, 0.15) is 5.01 Å². The smallest absolute Gasteiger partial charge is 0.189 e. The van der Waals surface area contributed by atoms with Crippen LogP contribution in [0.2, 0.25) is 0 Å². The predicted octanol–water partition coefficient (Wildman–Crippen LogP) is 1.61. The molecule has 1 aromatic rings. The molecule has 0 bridgehead atoms. The Morgan fingerprint density at radius 3 is 3.25 bits per heavy atom. The molecule has 86 valence electrons. The zero-order valence-corrected chi connectivity index (χ0v) is 9.96. The molecule has 5 heteroatoms. The molecule has 0 aromatic carbocycles. The molecule has 4 nitrogen and oxygen atoms in total. The maximum Gasteiger partial charge on any atom is 0.189 e. The molecule has 1 aromatic heterocycles. The number of guanidine groups is 1. The van der Waals surface area contributed by atoms with Crippen LogP contribution >= 0.6 is 11.3 Å². The van der Waals surface area contributed by atoms with Crippen molar-refractivity contribution in [1.29, 1.82) is 0 Å². The highest BCUT2D eigenvalue weighted by atomic mass is 32.1. The zero-order valence-electron chi connectivity index (χ0n) is 9.15. The van der Waals surface area contributed by atoms with Gasteiger partial charge in [0.2, 0.25) is 0 Å². The maximum atomic E-state index is 5.65. The number of nitrogens with zero attached hydrogens (tertiary/aromatic N) is 2. The largest absolute Gasteiger partial charge is 0.370 e. The molecular weight excluding hydrogens is 220 g/mol. The van der Waals surface area contributed by atoms with Gasteiger partial charge >= 0.3 is 0 Å². The van der Waals surface area contributed by atoms with Gasteiger partial charge in [0.25, 0.3) is 0 Å². The third-order valence-electron chi connectivity index (χ3n) is 2.38. The molecule has 1 aliphatic carbocycles. The summed E-state index contributed by atoms with van der Waals surface area (Å²) in [5, 5.41) is 6.10. The van der Waals surface area contributed by atoms with Gasteiger partial charge in [0.05, 0.1) is 12.2 Å². The molecule has 0 spiro atoms. The Bertz CT molecular complexity index is 392. The second kappa shape index (κ2) is 5.12. The van der Waals surface area contributed by atoms with E-state index in [2.05, 4.69) is 27.3 Å². The van der Waals surface area contributed by atoms with E-state index in [1.54, 1.807) is 17.4 Å². The van der Waals surface area contributed by atoms with Gasteiger partial charge in [-0.25, -0.2) is 9.98 Å². The molecule has 3 N–H and O–H groups in total. The zero-order chi connectivity index (χ0) is 11.4. The molecule has 2 rings (SSSR count). The third-order valence-corrected chi connectivity index (χ3v) is 3.23. The van der Waals surface area contributed by atoms with E-state index in [4.69, 9.17) is 5.73 Å². The van der Waals surface area contributed by atoms with Crippen LogP contribution in [0.25, 0.3) is 0 Å². The van der Waals surface area contributed by atoms with Gasteiger partial charge in [-0.15, -0.1) is 17.9 Å². The summed E-state index contributed by atoms with van der Waals surface area (Å²) < 4.78 is 0. The van der Waals surface area contributed by atoms with E-state index in [0.29, 0.717) is 25.0 Å². The molecule has 0 amide bonds. The summed E-state index contributed by atoms with van der Waals surface area (Å²) in [5.41, 5.74) is 6.88. The molecule has 0 saturated heterocycles. The van der Waals surface area contributed by atoms with Crippen LogP contribution in [0.15, 0.2) is 23.0 Å². The molecule has 0 aliphatic heterocycles. The Kier molecular flexibility index (Phi) is 3.56. The number of aliphatic imine (C=N–C) groups is 1. The van der Waals surface area contributed by atoms with Crippen molar-refractivity contribution in [1.82, 2.24) is 10.3 Å². The number of thiazole rings is 1. The summed E-state index contributed by atoms with van der Waals surface area (Å²) in [6.45, 7) is 4.80. The monoisotopic (exact) mass is 236 g/mol. The van der Waals surface area contributed by atoms with E-state index in [0.717, 1.165) is 5.01 Å². The first-order chi connectivity index (χ1) is 7.79. The predicted molar refractivity (Wildman–Crippen MR) is 67.6 cm³/mol. The molecule has 1 fully saturated rings. The van der Waals surface area contributed by atoms with Gasteiger partial charge in [0, 0.05) is 17.8 Å². The van der Waals surface area contributed by atoms with Crippen LogP contribution < -0.4 is 11.1 Å². The van der Waals surface area contributed by atoms with E-state index in [1.807, 2.05) is 0 Å². The average Bonchev–Trinajstić information content (AvgIpc) is 3.03. The Hall–Kier alpha value is -1.36. The van der Waals surface area contributed by atoms with Crippen molar-refractivity contribution < 1.29 is 0 Å². The lowest BCUT2D eigenvalue weighted by Crippen LogP contribution is -2.31. The summed E-state index contributed by atoms with van der Waals surface area (Å²) in [4.78, 5) is 8.74. The number of nitrogens with two attached hydrogens (primary N) is 1. The van der Waals surface area contributed by atoms with Gasteiger partial charge in [0.15, 0.2) is 5.96 Å². The lowest BCUT2D eigenvalue weighted by atomic mass is 10.3. The second-order valence-electron chi connectivity index (χ2n) is 3.81. The van der Waals surface area contributed by atoms with Crippen molar-refractivity contribution in [3.63, 3.8) is 0 Å². The number of aromatic nitrogens is 1. The van der Waals surface area contributed by atoms with Crippen LogP contribution in [0.3, 0.4) is 0 Å². The summed E-state index contributed by atoms with van der Waals surface area (Å²) in [7, 11) is 0. The molecule has 1 heterocycles. The maximum absolute atomic E-state index is 5.65. The topological polar surface area (TPSA) is 63.3 Å². The Balaban J connectivity index is 1.85. The first-order valence-electron chi connectivity index (χ1n) is 5.38. The minimum absolute atomic E-state index is 0.447. The van der Waals surface area contributed by atoms with Crippen molar-refractivity contribution in [3.05, 3.63) is 28.7 Å². The Morgan fingerprint density at radius 1 is 1.75 bits per heavy atom. The Labute approximate surface area is 99.3 Å². The number of hydrogen-bond acceptors (Lipinski definition) is 3. The van der Waals surface area contributed by atoms with Crippen molar-refractivity contribution in [2.75, 3.05) is 6.54 Å². The normalized spacial score (nSPS) is 16.1. The van der Waals surface area contributed by atoms with Crippen LogP contribution in [-0.2, 0) is 6.54 Å². The standard InChI is InChI=1S/C11H16N4S/c1-2-5-13-11(12)14-6-10-15-9(7-16-10)8-3-4-8/h2,7-8H,1,3-6H2,(H3,12,13,14). The minimum atomic E-state index is 0.447. The van der Waals surface area contributed by atoms with E-state index >= 15 is 0 Å². The number of hydrogen-bond donors (Lipinski definition) is 2. The Morgan fingerprint density at radius 2 is 2.56 bits per heavy atom. The highest BCUT2D eigenvalue weighted by Crippen LogP contribution is 2.40. The van der Waals surface area contributed by atoms with Crippen LogP contribution in [0.5, 0.6) is 0 Å². The van der Waals surface area contributed by atoms with Crippen LogP contribution in [0, 0.1) is 0 Å². The van der Waals surface area contributed by atoms with Gasteiger partial charge < -0.3 is 11.1 Å². The van der Waals surface area contributed by atoms with E-state index in [-0.39, 0.29) is 0 Å². The van der Waals surface area contributed by atoms with Crippen molar-refractivity contribution in [2.45, 2.75) is 25.3 Å². The van der Waals surface area contributed by atoms with Crippen molar-refractivity contribution >= 4 is 17.3 Å². The van der Waals surface area contributed by atoms with E-state index in [9.17, 15) is 0 Å². The van der Waals surface area contributed by atoms with E-state index in [1.165, 1.54) is 18.5 Å². The summed E-state index contributed by atoms with van der Waals surface area (Å²) in [5.74, 6) is 1.16. The third kappa shape index (κ3) is 3.06. The molecule has 16 heavy (non-hydrogen) atoms. The van der Waals surface area contributed by atoms with Crippen LogP contribution in [0.4, 0.5) is 0 Å². The second-order valence-corrected chi connectivity index (χ2v) is 4.75. The van der Waals surface area contributed by atoms with Gasteiger partial charge in [-0.2, -0.15) is 0 Å². The van der Waals surface area contributed by atoms with Gasteiger partial charge in [-0.1, -0.05) is 6.08 Å². The van der Waals surface area contributed by atoms with Gasteiger partial charge in [-0.3, -0.25) is 0 Å². The fraction of sp³-hybridized carbons (Fsp3) is 0.455. The first-order valence-corrected chi connectivity index (χ1v) is 6.26. The molecule has 1 saturated carbocycles. The fourth-order valence-corrected chi connectivity index (χ4v) is 2.15. The highest BCUT2D eigenvalue weighted by molar-refractivity contribution is 7.09. The minimum Gasteiger partial charge on any atom is -0.370 e. The lowest BCUT2D eigenvalue weighted by molar-refractivity contribution is 0.940. The summed E-state index contributed by atoms with van der Waals surface area (Å²) >= 11 is 1.66. The molecular formula is C11H16N4S. The highest BCUT2D eigenvalue weighted by Gasteiger charge is 2.25. The number of nitrogens with one attached hydrogen (secondary N) is 1. The van der Waals surface area contributed by atoms with E-state index < -0.39 is 0 Å². The SMILES string of the molecule is C=CCNC(N)=NCc1nc(C2CC2)cs1. The molecule has 1 aliphatic rings. The van der Waals surface area contributed by atoms with Crippen molar-refractivity contribution in [2.24, 2.45) is 10.7 Å². The summed E-state index contributed by atoms with van der Waals surface area (Å²) in [6, 6.07) is 0. The average molecular weight is 236 g/mol. The summed E-state index contributed by atoms with van der Waals surface area (Å²) in [6.07, 6.45) is 4.32. The fourth-order valence-electron chi connectivity index (χ4n) is 1.35. The van der Waals surface area contributed by atoms with Crippen LogP contribution in [0.1, 0.15) is 29.5 Å². The molecule has 0 atom stereocenters. The molecule has 0 unspecified atom stereocenters. The first kappa shape index (κ1) is 11.1. The number of rotatable bonds is 5. The molecule has 0 radical (unpaired) electrons. The van der Waals surface area contributed by atoms with Crippen molar-refractivity contribution in [3.8, 4) is 0 Å². The quantitative estimate of drug-likeness (QED) is 0.464.